The van der Waals surface area contributed by atoms with Crippen LogP contribution < -0.4 is 0 Å². The molecule has 0 radical (unpaired) electrons. The van der Waals surface area contributed by atoms with Gasteiger partial charge >= 0.3 is 11.9 Å². The zero-order valence-corrected chi connectivity index (χ0v) is 26.7. The Hall–Kier alpha value is -1.06. The Morgan fingerprint density at radius 3 is 1.13 bits per heavy atom. The maximum absolute atomic E-state index is 12.0. The Kier molecular flexibility index (Phi) is 24.2. The van der Waals surface area contributed by atoms with Crippen molar-refractivity contribution in [3.8, 4) is 0 Å². The van der Waals surface area contributed by atoms with Crippen molar-refractivity contribution < 1.29 is 19.1 Å². The lowest BCUT2D eigenvalue weighted by atomic mass is 9.96. The summed E-state index contributed by atoms with van der Waals surface area (Å²) in [6.07, 6.45) is 20.2. The quantitative estimate of drug-likeness (QED) is 0.0811. The molecule has 0 aromatic heterocycles. The smallest absolute Gasteiger partial charge is 0.306 e. The van der Waals surface area contributed by atoms with Gasteiger partial charge in [-0.3, -0.25) is 9.59 Å². The first-order chi connectivity index (χ1) is 18.1. The van der Waals surface area contributed by atoms with E-state index in [1.807, 2.05) is 0 Å². The third-order valence-corrected chi connectivity index (χ3v) is 7.70. The molecule has 0 aromatic carbocycles. The second-order valence-corrected chi connectivity index (χ2v) is 13.2. The molecule has 0 rings (SSSR count). The van der Waals surface area contributed by atoms with Crippen LogP contribution in [0.3, 0.4) is 0 Å². The molecule has 0 aliphatic heterocycles. The topological polar surface area (TPSA) is 52.6 Å². The van der Waals surface area contributed by atoms with Crippen molar-refractivity contribution in [2.75, 3.05) is 13.2 Å². The molecule has 4 nitrogen and oxygen atoms in total. The van der Waals surface area contributed by atoms with Gasteiger partial charge in [-0.1, -0.05) is 138 Å². The molecule has 0 heterocycles. The van der Waals surface area contributed by atoms with E-state index in [4.69, 9.17) is 9.47 Å². The van der Waals surface area contributed by atoms with Crippen LogP contribution in [0.5, 0.6) is 0 Å². The van der Waals surface area contributed by atoms with Crippen LogP contribution in [0, 0.1) is 29.6 Å². The summed E-state index contributed by atoms with van der Waals surface area (Å²) < 4.78 is 10.9. The molecule has 0 aliphatic rings. The average Bonchev–Trinajstić information content (AvgIpc) is 2.82. The van der Waals surface area contributed by atoms with Crippen LogP contribution in [0.15, 0.2) is 0 Å². The van der Waals surface area contributed by atoms with Crippen molar-refractivity contribution in [1.82, 2.24) is 0 Å². The summed E-state index contributed by atoms with van der Waals surface area (Å²) in [6.45, 7) is 16.9. The van der Waals surface area contributed by atoms with Gasteiger partial charge < -0.3 is 9.47 Å². The summed E-state index contributed by atoms with van der Waals surface area (Å²) in [6, 6.07) is 0. The average molecular weight is 539 g/mol. The molecular weight excluding hydrogens is 472 g/mol. The van der Waals surface area contributed by atoms with Gasteiger partial charge in [0.25, 0.3) is 0 Å². The molecule has 0 aliphatic carbocycles. The van der Waals surface area contributed by atoms with E-state index in [1.165, 1.54) is 64.2 Å². The van der Waals surface area contributed by atoms with E-state index in [9.17, 15) is 9.59 Å². The normalized spacial score (nSPS) is 14.0. The Morgan fingerprint density at radius 1 is 0.421 bits per heavy atom. The fourth-order valence-electron chi connectivity index (χ4n) is 5.05. The first-order valence-electron chi connectivity index (χ1n) is 16.4. The van der Waals surface area contributed by atoms with Gasteiger partial charge in [-0.15, -0.1) is 0 Å². The number of unbranched alkanes of at least 4 members (excludes halogenated alkanes) is 6. The Balaban J connectivity index is 3.50. The fraction of sp³-hybridized carbons (Fsp3) is 0.941. The third kappa shape index (κ3) is 26.5. The highest BCUT2D eigenvalue weighted by atomic mass is 16.5. The van der Waals surface area contributed by atoms with Crippen LogP contribution in [0.25, 0.3) is 0 Å². The lowest BCUT2D eigenvalue weighted by Crippen LogP contribution is -2.10. The molecule has 0 amide bonds. The van der Waals surface area contributed by atoms with Crippen LogP contribution in [-0.2, 0) is 19.1 Å². The van der Waals surface area contributed by atoms with Crippen molar-refractivity contribution in [2.24, 2.45) is 29.6 Å². The largest absolute Gasteiger partial charge is 0.466 e. The molecule has 0 fully saturated rings. The van der Waals surface area contributed by atoms with Gasteiger partial charge in [0.2, 0.25) is 0 Å². The van der Waals surface area contributed by atoms with Crippen molar-refractivity contribution in [3.05, 3.63) is 0 Å². The molecular formula is C34H66O4. The van der Waals surface area contributed by atoms with Gasteiger partial charge in [-0.25, -0.2) is 0 Å². The van der Waals surface area contributed by atoms with E-state index in [2.05, 4.69) is 48.5 Å². The highest BCUT2D eigenvalue weighted by Gasteiger charge is 2.12. The lowest BCUT2D eigenvalue weighted by molar-refractivity contribution is -0.145. The van der Waals surface area contributed by atoms with Crippen molar-refractivity contribution in [1.29, 1.82) is 0 Å². The summed E-state index contributed by atoms with van der Waals surface area (Å²) in [7, 11) is 0. The molecule has 4 heteroatoms. The van der Waals surface area contributed by atoms with E-state index in [0.29, 0.717) is 37.9 Å². The minimum Gasteiger partial charge on any atom is -0.466 e. The SMILES string of the molecule is CC(C)CCCC(C)CC(=O)OCCCCCCC(C)CCCCCCOC(=O)CC(C)CCCC(C)C. The summed E-state index contributed by atoms with van der Waals surface area (Å²) in [4.78, 5) is 24.0. The summed E-state index contributed by atoms with van der Waals surface area (Å²) in [5.41, 5.74) is 0. The minimum atomic E-state index is -0.0176. The molecule has 2 atom stereocenters. The number of hydrogen-bond acceptors (Lipinski definition) is 4. The van der Waals surface area contributed by atoms with E-state index < -0.39 is 0 Å². The van der Waals surface area contributed by atoms with Crippen molar-refractivity contribution >= 4 is 11.9 Å². The molecule has 0 aromatic rings. The van der Waals surface area contributed by atoms with E-state index >= 15 is 0 Å². The van der Waals surface area contributed by atoms with E-state index in [-0.39, 0.29) is 11.9 Å². The fourth-order valence-corrected chi connectivity index (χ4v) is 5.05. The lowest BCUT2D eigenvalue weighted by Gasteiger charge is -2.13. The van der Waals surface area contributed by atoms with E-state index in [1.54, 1.807) is 0 Å². The second kappa shape index (κ2) is 24.9. The number of rotatable bonds is 26. The van der Waals surface area contributed by atoms with Crippen LogP contribution in [0.2, 0.25) is 0 Å². The monoisotopic (exact) mass is 538 g/mol. The number of esters is 2. The number of carbonyl (C=O) groups is 2. The van der Waals surface area contributed by atoms with Gasteiger partial charge in [0.15, 0.2) is 0 Å². The zero-order chi connectivity index (χ0) is 28.6. The van der Waals surface area contributed by atoms with Gasteiger partial charge in [0, 0.05) is 12.8 Å². The first-order valence-corrected chi connectivity index (χ1v) is 16.4. The highest BCUT2D eigenvalue weighted by Crippen LogP contribution is 2.19. The molecule has 2 unspecified atom stereocenters. The maximum Gasteiger partial charge on any atom is 0.306 e. The van der Waals surface area contributed by atoms with Crippen LogP contribution in [0.4, 0.5) is 0 Å². The molecule has 0 saturated carbocycles. The number of carbonyl (C=O) groups excluding carboxylic acids is 2. The van der Waals surface area contributed by atoms with Gasteiger partial charge in [0.1, 0.15) is 0 Å². The van der Waals surface area contributed by atoms with Gasteiger partial charge in [-0.05, 0) is 42.4 Å². The third-order valence-electron chi connectivity index (χ3n) is 7.70. The summed E-state index contributed by atoms with van der Waals surface area (Å²) in [5.74, 6) is 3.10. The molecule has 38 heavy (non-hydrogen) atoms. The van der Waals surface area contributed by atoms with Gasteiger partial charge in [0.05, 0.1) is 13.2 Å². The zero-order valence-electron chi connectivity index (χ0n) is 26.7. The highest BCUT2D eigenvalue weighted by molar-refractivity contribution is 5.69. The van der Waals surface area contributed by atoms with Crippen LogP contribution in [-0.4, -0.2) is 25.2 Å². The summed E-state index contributed by atoms with van der Waals surface area (Å²) in [5, 5.41) is 0. The Labute approximate surface area is 237 Å². The molecule has 0 spiro atoms. The molecule has 226 valence electrons. The first kappa shape index (κ1) is 36.9. The Bertz CT molecular complexity index is 509. The number of hydrogen-bond donors (Lipinski definition) is 0. The second-order valence-electron chi connectivity index (χ2n) is 13.2. The summed E-state index contributed by atoms with van der Waals surface area (Å²) >= 11 is 0. The Morgan fingerprint density at radius 2 is 0.763 bits per heavy atom. The molecule has 0 saturated heterocycles. The van der Waals surface area contributed by atoms with E-state index in [0.717, 1.165) is 56.3 Å². The standard InChI is InChI=1S/C34H66O4/c1-28(2)18-16-22-31(6)26-33(35)37-24-14-10-8-12-20-30(5)21-13-9-11-15-25-38-34(36)27-32(7)23-17-19-29(3)4/h28-32H,8-27H2,1-7H3. The maximum atomic E-state index is 12.0. The van der Waals surface area contributed by atoms with Crippen LogP contribution >= 0.6 is 0 Å². The van der Waals surface area contributed by atoms with Crippen molar-refractivity contribution in [2.45, 2.75) is 164 Å². The van der Waals surface area contributed by atoms with Gasteiger partial charge in [-0.2, -0.15) is 0 Å². The number of ether oxygens (including phenoxy) is 2. The molecule has 0 N–H and O–H groups in total. The molecule has 0 bridgehead atoms. The van der Waals surface area contributed by atoms with Crippen molar-refractivity contribution in [3.63, 3.8) is 0 Å². The van der Waals surface area contributed by atoms with Crippen LogP contribution in [0.1, 0.15) is 164 Å². The predicted octanol–water partition coefficient (Wildman–Crippen LogP) is 10.3. The minimum absolute atomic E-state index is 0.0176. The predicted molar refractivity (Wildman–Crippen MR) is 162 cm³/mol.